The third kappa shape index (κ3) is 5.77. The van der Waals surface area contributed by atoms with Crippen molar-refractivity contribution in [2.75, 3.05) is 5.32 Å². The van der Waals surface area contributed by atoms with Crippen LogP contribution in [0.1, 0.15) is 25.2 Å². The maximum absolute atomic E-state index is 12.7. The van der Waals surface area contributed by atoms with Gasteiger partial charge >= 0.3 is 0 Å². The summed E-state index contributed by atoms with van der Waals surface area (Å²) in [4.78, 5) is 23.2. The van der Waals surface area contributed by atoms with Gasteiger partial charge in [-0.05, 0) is 50.6 Å². The Morgan fingerprint density at radius 1 is 1.28 bits per heavy atom. The number of nitrogens with one attached hydrogen (secondary N) is 1. The highest BCUT2D eigenvalue weighted by Crippen LogP contribution is 2.26. The van der Waals surface area contributed by atoms with Gasteiger partial charge in [0.1, 0.15) is 12.4 Å². The zero-order valence-electron chi connectivity index (χ0n) is 17.7. The molecule has 0 radical (unpaired) electrons. The highest BCUT2D eigenvalue weighted by atomic mass is 35.5. The number of non-ortho nitro benzene ring substituents is 1. The molecule has 0 fully saturated rings. The molecule has 0 aliphatic heterocycles. The van der Waals surface area contributed by atoms with E-state index in [-0.39, 0.29) is 18.2 Å². The van der Waals surface area contributed by atoms with Crippen molar-refractivity contribution in [2.24, 2.45) is 0 Å². The second kappa shape index (κ2) is 10.5. The first-order valence-electron chi connectivity index (χ1n) is 9.81. The summed E-state index contributed by atoms with van der Waals surface area (Å²) in [6.45, 7) is 6.29. The molecule has 0 unspecified atom stereocenters. The van der Waals surface area contributed by atoms with Crippen molar-refractivity contribution in [1.82, 2.24) is 14.8 Å². The summed E-state index contributed by atoms with van der Waals surface area (Å²) in [6.07, 6.45) is 0. The van der Waals surface area contributed by atoms with Crippen LogP contribution in [0.25, 0.3) is 0 Å². The molecular formula is C21H22ClN5O4S. The number of hydrogen-bond acceptors (Lipinski definition) is 7. The Kier molecular flexibility index (Phi) is 7.70. The van der Waals surface area contributed by atoms with Crippen LogP contribution >= 0.6 is 23.4 Å². The van der Waals surface area contributed by atoms with Crippen LogP contribution in [-0.2, 0) is 17.9 Å². The Labute approximate surface area is 194 Å². The SMILES string of the molecule is CCn1c(COc2ccc(Cl)cc2)nnc1S[C@@H](C)C(=O)Nc1cc([N+](=O)[O-])ccc1C. The summed E-state index contributed by atoms with van der Waals surface area (Å²) in [6, 6.07) is 11.4. The summed E-state index contributed by atoms with van der Waals surface area (Å²) in [5, 5.41) is 22.9. The van der Waals surface area contributed by atoms with Gasteiger partial charge in [-0.25, -0.2) is 0 Å². The number of nitro benzene ring substituents is 1. The monoisotopic (exact) mass is 475 g/mol. The van der Waals surface area contributed by atoms with Crippen LogP contribution in [0, 0.1) is 17.0 Å². The van der Waals surface area contributed by atoms with Crippen LogP contribution in [0.15, 0.2) is 47.6 Å². The van der Waals surface area contributed by atoms with Gasteiger partial charge in [-0.15, -0.1) is 10.2 Å². The molecule has 0 aliphatic rings. The number of ether oxygens (including phenoxy) is 1. The average molecular weight is 476 g/mol. The molecule has 0 aliphatic carbocycles. The summed E-state index contributed by atoms with van der Waals surface area (Å²) < 4.78 is 7.63. The van der Waals surface area contributed by atoms with Crippen molar-refractivity contribution >= 4 is 40.6 Å². The quantitative estimate of drug-likeness (QED) is 0.267. The minimum Gasteiger partial charge on any atom is -0.486 e. The van der Waals surface area contributed by atoms with E-state index in [1.165, 1.54) is 23.9 Å². The van der Waals surface area contributed by atoms with E-state index >= 15 is 0 Å². The molecule has 0 spiro atoms. The van der Waals surface area contributed by atoms with Gasteiger partial charge in [0.2, 0.25) is 5.91 Å². The highest BCUT2D eigenvalue weighted by Gasteiger charge is 2.21. The van der Waals surface area contributed by atoms with E-state index in [4.69, 9.17) is 16.3 Å². The van der Waals surface area contributed by atoms with Gasteiger partial charge in [0.25, 0.3) is 5.69 Å². The van der Waals surface area contributed by atoms with E-state index in [1.807, 2.05) is 11.5 Å². The summed E-state index contributed by atoms with van der Waals surface area (Å²) >= 11 is 7.14. The number of nitro groups is 1. The fraction of sp³-hybridized carbons (Fsp3) is 0.286. The van der Waals surface area contributed by atoms with Crippen LogP contribution in [0.3, 0.4) is 0 Å². The van der Waals surface area contributed by atoms with Gasteiger partial charge in [0.05, 0.1) is 15.9 Å². The van der Waals surface area contributed by atoms with E-state index in [1.54, 1.807) is 44.2 Å². The molecule has 1 atom stereocenters. The van der Waals surface area contributed by atoms with Crippen LogP contribution in [0.4, 0.5) is 11.4 Å². The number of rotatable bonds is 9. The number of thioether (sulfide) groups is 1. The van der Waals surface area contributed by atoms with Gasteiger partial charge in [0.15, 0.2) is 11.0 Å². The van der Waals surface area contributed by atoms with Crippen LogP contribution in [0.2, 0.25) is 5.02 Å². The van der Waals surface area contributed by atoms with E-state index < -0.39 is 10.2 Å². The molecule has 1 aromatic heterocycles. The topological polar surface area (TPSA) is 112 Å². The molecule has 3 rings (SSSR count). The number of carbonyl (C=O) groups is 1. The second-order valence-corrected chi connectivity index (χ2v) is 8.64. The highest BCUT2D eigenvalue weighted by molar-refractivity contribution is 8.00. The number of benzene rings is 2. The van der Waals surface area contributed by atoms with Gasteiger partial charge in [0, 0.05) is 23.7 Å². The lowest BCUT2D eigenvalue weighted by Crippen LogP contribution is -2.23. The first-order chi connectivity index (χ1) is 15.3. The molecule has 1 N–H and O–H groups in total. The Morgan fingerprint density at radius 2 is 2.00 bits per heavy atom. The number of aryl methyl sites for hydroxylation is 1. The van der Waals surface area contributed by atoms with Crippen LogP contribution in [-0.4, -0.2) is 30.8 Å². The van der Waals surface area contributed by atoms with E-state index in [2.05, 4.69) is 15.5 Å². The number of anilines is 1. The summed E-state index contributed by atoms with van der Waals surface area (Å²) in [7, 11) is 0. The van der Waals surface area contributed by atoms with Crippen molar-refractivity contribution in [2.45, 2.75) is 44.3 Å². The zero-order valence-corrected chi connectivity index (χ0v) is 19.3. The third-order valence-corrected chi connectivity index (χ3v) is 5.96. The fourth-order valence-corrected chi connectivity index (χ4v) is 3.87. The Morgan fingerprint density at radius 3 is 2.66 bits per heavy atom. The normalized spacial score (nSPS) is 11.8. The van der Waals surface area contributed by atoms with Crippen molar-refractivity contribution in [3.05, 3.63) is 69.0 Å². The van der Waals surface area contributed by atoms with Gasteiger partial charge in [-0.3, -0.25) is 14.9 Å². The lowest BCUT2D eigenvalue weighted by atomic mass is 10.2. The second-order valence-electron chi connectivity index (χ2n) is 6.89. The molecule has 2 aromatic carbocycles. The molecule has 1 amide bonds. The van der Waals surface area contributed by atoms with Crippen molar-refractivity contribution in [1.29, 1.82) is 0 Å². The number of hydrogen-bond donors (Lipinski definition) is 1. The summed E-state index contributed by atoms with van der Waals surface area (Å²) in [5.74, 6) is 1.00. The molecule has 0 saturated heterocycles. The molecular weight excluding hydrogens is 454 g/mol. The summed E-state index contributed by atoms with van der Waals surface area (Å²) in [5.41, 5.74) is 1.06. The zero-order chi connectivity index (χ0) is 23.3. The van der Waals surface area contributed by atoms with Crippen LogP contribution < -0.4 is 10.1 Å². The molecule has 168 valence electrons. The van der Waals surface area contributed by atoms with Crippen molar-refractivity contribution in [3.8, 4) is 5.75 Å². The molecule has 3 aromatic rings. The Hall–Kier alpha value is -3.11. The standard InChI is InChI=1S/C21H22ClN5O4S/c1-4-26-19(12-31-17-9-6-15(22)7-10-17)24-25-21(26)32-14(3)20(28)23-18-11-16(27(29)30)8-5-13(18)2/h5-11,14H,4,12H2,1-3H3,(H,23,28)/t14-/m0/s1. The molecule has 32 heavy (non-hydrogen) atoms. The lowest BCUT2D eigenvalue weighted by Gasteiger charge is -2.14. The first-order valence-corrected chi connectivity index (χ1v) is 11.1. The smallest absolute Gasteiger partial charge is 0.271 e. The number of carbonyl (C=O) groups excluding carboxylic acids is 1. The molecule has 0 saturated carbocycles. The van der Waals surface area contributed by atoms with Crippen molar-refractivity contribution < 1.29 is 14.5 Å². The maximum atomic E-state index is 12.7. The van der Waals surface area contributed by atoms with Crippen molar-refractivity contribution in [3.63, 3.8) is 0 Å². The Bertz CT molecular complexity index is 1120. The van der Waals surface area contributed by atoms with E-state index in [0.717, 1.165) is 5.56 Å². The maximum Gasteiger partial charge on any atom is 0.271 e. The molecule has 11 heteroatoms. The third-order valence-electron chi connectivity index (χ3n) is 4.63. The van der Waals surface area contributed by atoms with Gasteiger partial charge in [-0.1, -0.05) is 29.4 Å². The molecule has 0 bridgehead atoms. The number of nitrogens with zero attached hydrogens (tertiary/aromatic N) is 4. The first kappa shape index (κ1) is 23.6. The van der Waals surface area contributed by atoms with Gasteiger partial charge < -0.3 is 14.6 Å². The Balaban J connectivity index is 1.66. The predicted molar refractivity (Wildman–Crippen MR) is 123 cm³/mol. The lowest BCUT2D eigenvalue weighted by molar-refractivity contribution is -0.384. The molecule has 1 heterocycles. The van der Waals surface area contributed by atoms with E-state index in [0.29, 0.717) is 34.0 Å². The number of amides is 1. The average Bonchev–Trinajstić information content (AvgIpc) is 3.15. The minimum atomic E-state index is -0.506. The minimum absolute atomic E-state index is 0.0812. The largest absolute Gasteiger partial charge is 0.486 e. The molecule has 9 nitrogen and oxygen atoms in total. The van der Waals surface area contributed by atoms with E-state index in [9.17, 15) is 14.9 Å². The predicted octanol–water partition coefficient (Wildman–Crippen LogP) is 4.87. The number of aromatic nitrogens is 3. The van der Waals surface area contributed by atoms with Gasteiger partial charge in [-0.2, -0.15) is 0 Å². The van der Waals surface area contributed by atoms with Crippen LogP contribution in [0.5, 0.6) is 5.75 Å². The fourth-order valence-electron chi connectivity index (χ4n) is 2.81. The number of halogens is 1.